The molecule has 1 aliphatic rings. The lowest BCUT2D eigenvalue weighted by Gasteiger charge is -2.30. The molecule has 1 aliphatic heterocycles. The summed E-state index contributed by atoms with van der Waals surface area (Å²) in [6.45, 7) is 3.95. The van der Waals surface area contributed by atoms with Crippen molar-refractivity contribution in [2.45, 2.75) is 24.6 Å². The Balaban J connectivity index is 2.21. The molecule has 1 aromatic rings. The van der Waals surface area contributed by atoms with Crippen molar-refractivity contribution in [2.75, 3.05) is 25.1 Å². The van der Waals surface area contributed by atoms with Crippen LogP contribution >= 0.6 is 15.9 Å². The average molecular weight is 286 g/mol. The van der Waals surface area contributed by atoms with Gasteiger partial charge in [-0.2, -0.15) is 4.98 Å². The van der Waals surface area contributed by atoms with Crippen molar-refractivity contribution in [2.24, 2.45) is 0 Å². The summed E-state index contributed by atoms with van der Waals surface area (Å²) in [4.78, 5) is 11.6. The zero-order valence-corrected chi connectivity index (χ0v) is 11.2. The Labute approximate surface area is 104 Å². The van der Waals surface area contributed by atoms with Gasteiger partial charge in [0.1, 0.15) is 0 Å². The highest BCUT2D eigenvalue weighted by atomic mass is 79.9. The molecule has 0 N–H and O–H groups in total. The van der Waals surface area contributed by atoms with Crippen LogP contribution in [0.2, 0.25) is 0 Å². The summed E-state index contributed by atoms with van der Waals surface area (Å²) in [5.74, 6) is 1.42. The molecular weight excluding hydrogens is 270 g/mol. The number of anilines is 1. The number of hydrogen-bond donors (Lipinski definition) is 0. The Kier molecular flexibility index (Phi) is 3.63. The fourth-order valence-electron chi connectivity index (χ4n) is 1.88. The van der Waals surface area contributed by atoms with Crippen molar-refractivity contribution in [1.29, 1.82) is 0 Å². The SMILES string of the molecule is COc1cc(C)nc(N2CCCC(Br)C2)n1. The van der Waals surface area contributed by atoms with E-state index < -0.39 is 0 Å². The predicted molar refractivity (Wildman–Crippen MR) is 67.5 cm³/mol. The number of ether oxygens (including phenoxy) is 1. The number of methoxy groups -OCH3 is 1. The summed E-state index contributed by atoms with van der Waals surface area (Å²) in [7, 11) is 1.63. The number of halogens is 1. The van der Waals surface area contributed by atoms with Crippen LogP contribution in [0, 0.1) is 6.92 Å². The maximum absolute atomic E-state index is 5.16. The van der Waals surface area contributed by atoms with Crippen LogP contribution in [0.5, 0.6) is 5.88 Å². The van der Waals surface area contributed by atoms with E-state index in [1.807, 2.05) is 13.0 Å². The molecule has 2 rings (SSSR count). The number of alkyl halides is 1. The number of nitrogens with zero attached hydrogens (tertiary/aromatic N) is 3. The van der Waals surface area contributed by atoms with Crippen molar-refractivity contribution in [3.63, 3.8) is 0 Å². The van der Waals surface area contributed by atoms with E-state index in [2.05, 4.69) is 30.8 Å². The van der Waals surface area contributed by atoms with Gasteiger partial charge < -0.3 is 9.64 Å². The Bertz CT molecular complexity index is 372. The average Bonchev–Trinajstić information content (AvgIpc) is 2.28. The lowest BCUT2D eigenvalue weighted by atomic mass is 10.1. The molecule has 0 bridgehead atoms. The van der Waals surface area contributed by atoms with Gasteiger partial charge in [-0.15, -0.1) is 0 Å². The molecule has 0 radical (unpaired) electrons. The van der Waals surface area contributed by atoms with Crippen LogP contribution in [0.3, 0.4) is 0 Å². The van der Waals surface area contributed by atoms with Gasteiger partial charge in [-0.3, -0.25) is 0 Å². The first-order chi connectivity index (χ1) is 7.69. The number of rotatable bonds is 2. The molecule has 1 saturated heterocycles. The van der Waals surface area contributed by atoms with E-state index in [1.54, 1.807) is 7.11 Å². The van der Waals surface area contributed by atoms with Crippen molar-refractivity contribution >= 4 is 21.9 Å². The minimum Gasteiger partial charge on any atom is -0.481 e. The molecule has 4 nitrogen and oxygen atoms in total. The normalized spacial score (nSPS) is 20.9. The quantitative estimate of drug-likeness (QED) is 0.781. The van der Waals surface area contributed by atoms with Crippen LogP contribution < -0.4 is 9.64 Å². The van der Waals surface area contributed by atoms with E-state index in [0.29, 0.717) is 10.7 Å². The van der Waals surface area contributed by atoms with Gasteiger partial charge in [0.2, 0.25) is 11.8 Å². The number of aryl methyl sites for hydroxylation is 1. The summed E-state index contributed by atoms with van der Waals surface area (Å²) < 4.78 is 5.16. The first-order valence-electron chi connectivity index (χ1n) is 5.47. The number of aromatic nitrogens is 2. The molecule has 5 heteroatoms. The van der Waals surface area contributed by atoms with Gasteiger partial charge in [-0.25, -0.2) is 4.98 Å². The molecule has 0 aliphatic carbocycles. The molecule has 1 aromatic heterocycles. The third-order valence-corrected chi connectivity index (χ3v) is 3.42. The second kappa shape index (κ2) is 4.99. The van der Waals surface area contributed by atoms with Crippen molar-refractivity contribution in [3.8, 4) is 5.88 Å². The topological polar surface area (TPSA) is 38.2 Å². The van der Waals surface area contributed by atoms with E-state index in [0.717, 1.165) is 24.7 Å². The maximum Gasteiger partial charge on any atom is 0.228 e. The number of piperidine rings is 1. The summed E-state index contributed by atoms with van der Waals surface area (Å²) >= 11 is 3.65. The molecule has 2 heterocycles. The highest BCUT2D eigenvalue weighted by Gasteiger charge is 2.20. The van der Waals surface area contributed by atoms with Gasteiger partial charge in [0.05, 0.1) is 7.11 Å². The molecule has 0 spiro atoms. The third-order valence-electron chi connectivity index (χ3n) is 2.67. The van der Waals surface area contributed by atoms with Gasteiger partial charge in [0.15, 0.2) is 0 Å². The van der Waals surface area contributed by atoms with E-state index in [1.165, 1.54) is 12.8 Å². The monoisotopic (exact) mass is 285 g/mol. The molecule has 0 amide bonds. The largest absolute Gasteiger partial charge is 0.481 e. The highest BCUT2D eigenvalue weighted by Crippen LogP contribution is 2.22. The van der Waals surface area contributed by atoms with Crippen LogP contribution in [0.4, 0.5) is 5.95 Å². The Morgan fingerprint density at radius 3 is 3.00 bits per heavy atom. The van der Waals surface area contributed by atoms with Crippen molar-refractivity contribution in [3.05, 3.63) is 11.8 Å². The molecule has 16 heavy (non-hydrogen) atoms. The molecule has 0 aromatic carbocycles. The van der Waals surface area contributed by atoms with E-state index in [-0.39, 0.29) is 0 Å². The van der Waals surface area contributed by atoms with Crippen LogP contribution in [0.1, 0.15) is 18.5 Å². The van der Waals surface area contributed by atoms with E-state index >= 15 is 0 Å². The third kappa shape index (κ3) is 2.64. The predicted octanol–water partition coefficient (Wildman–Crippen LogP) is 2.16. The Morgan fingerprint density at radius 1 is 1.50 bits per heavy atom. The minimum atomic E-state index is 0.538. The number of hydrogen-bond acceptors (Lipinski definition) is 4. The maximum atomic E-state index is 5.16. The smallest absolute Gasteiger partial charge is 0.228 e. The van der Waals surface area contributed by atoms with Gasteiger partial charge in [-0.1, -0.05) is 15.9 Å². The van der Waals surface area contributed by atoms with Gasteiger partial charge in [-0.05, 0) is 19.8 Å². The van der Waals surface area contributed by atoms with Crippen molar-refractivity contribution < 1.29 is 4.74 Å². The Hall–Kier alpha value is -0.840. The van der Waals surface area contributed by atoms with Crippen LogP contribution in [0.15, 0.2) is 6.07 Å². The zero-order valence-electron chi connectivity index (χ0n) is 9.61. The standard InChI is InChI=1S/C11H16BrN3O/c1-8-6-10(16-2)14-11(13-8)15-5-3-4-9(12)7-15/h6,9H,3-5,7H2,1-2H3. The summed E-state index contributed by atoms with van der Waals surface area (Å²) in [6.07, 6.45) is 2.40. The highest BCUT2D eigenvalue weighted by molar-refractivity contribution is 9.09. The second-order valence-corrected chi connectivity index (χ2v) is 5.33. The molecule has 1 unspecified atom stereocenters. The van der Waals surface area contributed by atoms with E-state index in [4.69, 9.17) is 4.74 Å². The van der Waals surface area contributed by atoms with Crippen molar-refractivity contribution in [1.82, 2.24) is 9.97 Å². The minimum absolute atomic E-state index is 0.538. The zero-order chi connectivity index (χ0) is 11.5. The first kappa shape index (κ1) is 11.6. The fourth-order valence-corrected chi connectivity index (χ4v) is 2.55. The van der Waals surface area contributed by atoms with Gasteiger partial charge in [0.25, 0.3) is 0 Å². The van der Waals surface area contributed by atoms with E-state index in [9.17, 15) is 0 Å². The van der Waals surface area contributed by atoms with Gasteiger partial charge >= 0.3 is 0 Å². The summed E-state index contributed by atoms with van der Waals surface area (Å²) in [6, 6.07) is 1.85. The van der Waals surface area contributed by atoms with Crippen LogP contribution in [-0.4, -0.2) is 35.0 Å². The molecule has 0 saturated carbocycles. The molecule has 1 atom stereocenters. The molecule has 88 valence electrons. The lowest BCUT2D eigenvalue weighted by Crippen LogP contribution is -2.36. The molecular formula is C11H16BrN3O. The summed E-state index contributed by atoms with van der Waals surface area (Å²) in [5.41, 5.74) is 0.943. The lowest BCUT2D eigenvalue weighted by molar-refractivity contribution is 0.395. The van der Waals surface area contributed by atoms with Crippen LogP contribution in [-0.2, 0) is 0 Å². The summed E-state index contributed by atoms with van der Waals surface area (Å²) in [5, 5.41) is 0. The first-order valence-corrected chi connectivity index (χ1v) is 6.39. The van der Waals surface area contributed by atoms with Crippen LogP contribution in [0.25, 0.3) is 0 Å². The molecule has 1 fully saturated rings. The second-order valence-electron chi connectivity index (χ2n) is 4.04. The fraction of sp³-hybridized carbons (Fsp3) is 0.636. The van der Waals surface area contributed by atoms with Gasteiger partial charge in [0, 0.05) is 29.7 Å². The Morgan fingerprint density at radius 2 is 2.31 bits per heavy atom.